The van der Waals surface area contributed by atoms with E-state index in [1.165, 1.54) is 19.3 Å². The molecule has 2 atom stereocenters. The first kappa shape index (κ1) is 10.6. The second-order valence-electron chi connectivity index (χ2n) is 2.41. The molecule has 0 saturated carbocycles. The maximum absolute atomic E-state index is 8.58. The van der Waals surface area contributed by atoms with Crippen molar-refractivity contribution in [1.82, 2.24) is 0 Å². The van der Waals surface area contributed by atoms with Crippen LogP contribution >= 0.6 is 8.58 Å². The van der Waals surface area contributed by atoms with E-state index in [-0.39, 0.29) is 6.41 Å². The van der Waals surface area contributed by atoms with Crippen LogP contribution in [-0.4, -0.2) is 18.7 Å². The Bertz CT molecular complexity index is 125. The third-order valence-electron chi connectivity index (χ3n) is 1.68. The average molecular weight is 173 g/mol. The highest BCUT2D eigenvalue weighted by atomic mass is 31.1. The Morgan fingerprint density at radius 3 is 2.55 bits per heavy atom. The fraction of sp³-hybridized carbons (Fsp3) is 0.625. The molecule has 2 nitrogen and oxygen atoms in total. The molecule has 0 radical (unpaired) electrons. The van der Waals surface area contributed by atoms with Gasteiger partial charge >= 0.3 is 0 Å². The van der Waals surface area contributed by atoms with Crippen molar-refractivity contribution >= 4 is 15.0 Å². The second kappa shape index (κ2) is 7.74. The minimum absolute atomic E-state index is 0.250. The first-order chi connectivity index (χ1) is 5.35. The molecule has 0 aromatic rings. The van der Waals surface area contributed by atoms with Gasteiger partial charge in [0.1, 0.15) is 0 Å². The summed E-state index contributed by atoms with van der Waals surface area (Å²) in [5, 5.41) is 0. The van der Waals surface area contributed by atoms with Crippen molar-refractivity contribution in [3.05, 3.63) is 12.2 Å². The fourth-order valence-electron chi connectivity index (χ4n) is 1.06. The molecule has 11 heavy (non-hydrogen) atoms. The van der Waals surface area contributed by atoms with Crippen LogP contribution in [0.3, 0.4) is 0 Å². The van der Waals surface area contributed by atoms with Gasteiger partial charge in [0.2, 0.25) is 6.41 Å². The Balaban J connectivity index is 0.000000292. The smallest absolute Gasteiger partial charge is 0.204 e. The zero-order valence-electron chi connectivity index (χ0n) is 6.92. The van der Waals surface area contributed by atoms with Crippen molar-refractivity contribution in [3.63, 3.8) is 0 Å². The Labute approximate surface area is 70.0 Å². The maximum atomic E-state index is 8.58. The van der Waals surface area contributed by atoms with Gasteiger partial charge in [-0.2, -0.15) is 0 Å². The second-order valence-corrected chi connectivity index (χ2v) is 3.80. The lowest BCUT2D eigenvalue weighted by Gasteiger charge is -2.14. The molecule has 0 aliphatic heterocycles. The summed E-state index contributed by atoms with van der Waals surface area (Å²) in [6.07, 6.45) is 8.98. The molecule has 0 aromatic heterocycles. The highest BCUT2D eigenvalue weighted by Gasteiger charge is 2.04. The molecule has 2 N–H and O–H groups in total. The van der Waals surface area contributed by atoms with Crippen LogP contribution in [0.15, 0.2) is 12.2 Å². The van der Waals surface area contributed by atoms with Gasteiger partial charge in [0, 0.05) is 0 Å². The third-order valence-corrected chi connectivity index (χ3v) is 3.02. The molecule has 64 valence electrons. The lowest BCUT2D eigenvalue weighted by atomic mass is 10.1. The normalized spacial score (nSPS) is 22.8. The van der Waals surface area contributed by atoms with Crippen LogP contribution in [0.5, 0.6) is 0 Å². The van der Waals surface area contributed by atoms with Gasteiger partial charge in [0.15, 0.2) is 0 Å². The molecule has 0 heterocycles. The van der Waals surface area contributed by atoms with Crippen LogP contribution in [0.4, 0.5) is 0 Å². The highest BCUT2D eigenvalue weighted by Crippen LogP contribution is 2.25. The molecule has 0 aromatic carbocycles. The van der Waals surface area contributed by atoms with Crippen molar-refractivity contribution in [2.75, 3.05) is 6.66 Å². The van der Waals surface area contributed by atoms with Crippen molar-refractivity contribution in [2.45, 2.75) is 24.9 Å². The minimum atomic E-state index is 0.250. The van der Waals surface area contributed by atoms with Crippen molar-refractivity contribution in [2.24, 2.45) is 5.73 Å². The number of allylic oxidation sites excluding steroid dienone is 2. The molecule has 0 saturated heterocycles. The fourth-order valence-corrected chi connectivity index (χ4v) is 1.88. The van der Waals surface area contributed by atoms with Crippen LogP contribution < -0.4 is 5.73 Å². The zero-order chi connectivity index (χ0) is 8.53. The monoisotopic (exact) mass is 173 g/mol. The Morgan fingerprint density at radius 2 is 2.27 bits per heavy atom. The first-order valence-corrected chi connectivity index (χ1v) is 5.40. The topological polar surface area (TPSA) is 43.1 Å². The molecule has 1 aliphatic carbocycles. The summed E-state index contributed by atoms with van der Waals surface area (Å²) in [4.78, 5) is 8.58. The number of hydrogen-bond acceptors (Lipinski definition) is 1. The van der Waals surface area contributed by atoms with Gasteiger partial charge in [0.05, 0.1) is 0 Å². The molecule has 0 spiro atoms. The molecule has 2 unspecified atom stereocenters. The average Bonchev–Trinajstić information content (AvgIpc) is 2.08. The largest absolute Gasteiger partial charge is 0.372 e. The number of carbonyl (C=O) groups excluding carboxylic acids is 1. The summed E-state index contributed by atoms with van der Waals surface area (Å²) in [6.45, 7) is 2.31. The summed E-state index contributed by atoms with van der Waals surface area (Å²) in [5.41, 5.74) is 5.19. The van der Waals surface area contributed by atoms with Gasteiger partial charge in [0.25, 0.3) is 0 Å². The molecule has 0 bridgehead atoms. The standard InChI is InChI=1S/C7H13P.CH3NO/c1-8-7-5-3-2-4-6-7;2-1-3/h2-3,7-8H,4-6H2,1H3;1H,(H2,2,3). The highest BCUT2D eigenvalue weighted by molar-refractivity contribution is 7.37. The predicted molar refractivity (Wildman–Crippen MR) is 51.3 cm³/mol. The van der Waals surface area contributed by atoms with E-state index in [1.807, 2.05) is 0 Å². The SMILES string of the molecule is CPC1CC=CCC1.NC=O. The molecular formula is C8H16NOP. The van der Waals surface area contributed by atoms with Gasteiger partial charge in [-0.1, -0.05) is 12.2 Å². The summed E-state index contributed by atoms with van der Waals surface area (Å²) < 4.78 is 0. The molecule has 1 rings (SSSR count). The van der Waals surface area contributed by atoms with Gasteiger partial charge in [-0.15, -0.1) is 8.58 Å². The Hall–Kier alpha value is -0.360. The number of amides is 1. The summed E-state index contributed by atoms with van der Waals surface area (Å²) in [7, 11) is 1.16. The summed E-state index contributed by atoms with van der Waals surface area (Å²) in [6, 6.07) is 0. The zero-order valence-corrected chi connectivity index (χ0v) is 7.92. The number of rotatable bonds is 1. The molecule has 1 amide bonds. The maximum Gasteiger partial charge on any atom is 0.204 e. The lowest BCUT2D eigenvalue weighted by Crippen LogP contribution is -2.00. The van der Waals surface area contributed by atoms with Gasteiger partial charge < -0.3 is 5.73 Å². The van der Waals surface area contributed by atoms with Crippen LogP contribution in [0, 0.1) is 0 Å². The van der Waals surface area contributed by atoms with Crippen molar-refractivity contribution < 1.29 is 4.79 Å². The molecule has 3 heteroatoms. The van der Waals surface area contributed by atoms with Crippen molar-refractivity contribution in [3.8, 4) is 0 Å². The third kappa shape index (κ3) is 6.05. The summed E-state index contributed by atoms with van der Waals surface area (Å²) >= 11 is 0. The first-order valence-electron chi connectivity index (χ1n) is 3.82. The van der Waals surface area contributed by atoms with Gasteiger partial charge in [-0.25, -0.2) is 0 Å². The lowest BCUT2D eigenvalue weighted by molar-refractivity contribution is -0.106. The van der Waals surface area contributed by atoms with E-state index in [1.54, 1.807) is 0 Å². The number of carbonyl (C=O) groups is 1. The summed E-state index contributed by atoms with van der Waals surface area (Å²) in [5.74, 6) is 0. The van der Waals surface area contributed by atoms with E-state index in [2.05, 4.69) is 24.6 Å². The predicted octanol–water partition coefficient (Wildman–Crippen LogP) is 1.50. The molecule has 0 fully saturated rings. The number of primary amides is 1. The molecular weight excluding hydrogens is 157 g/mol. The minimum Gasteiger partial charge on any atom is -0.372 e. The van der Waals surface area contributed by atoms with Crippen LogP contribution in [0.25, 0.3) is 0 Å². The van der Waals surface area contributed by atoms with E-state index in [0.717, 1.165) is 14.2 Å². The van der Waals surface area contributed by atoms with E-state index >= 15 is 0 Å². The number of nitrogens with two attached hydrogens (primary N) is 1. The van der Waals surface area contributed by atoms with Crippen LogP contribution in [0.2, 0.25) is 0 Å². The van der Waals surface area contributed by atoms with E-state index in [4.69, 9.17) is 4.79 Å². The van der Waals surface area contributed by atoms with Gasteiger partial charge in [-0.3, -0.25) is 4.79 Å². The quantitative estimate of drug-likeness (QED) is 0.364. The molecule has 1 aliphatic rings. The Morgan fingerprint density at radius 1 is 1.64 bits per heavy atom. The van der Waals surface area contributed by atoms with E-state index < -0.39 is 0 Å². The van der Waals surface area contributed by atoms with Crippen LogP contribution in [-0.2, 0) is 4.79 Å². The van der Waals surface area contributed by atoms with Crippen molar-refractivity contribution in [1.29, 1.82) is 0 Å². The Kier molecular flexibility index (Phi) is 7.49. The van der Waals surface area contributed by atoms with E-state index in [9.17, 15) is 0 Å². The van der Waals surface area contributed by atoms with Crippen LogP contribution in [0.1, 0.15) is 19.3 Å². The van der Waals surface area contributed by atoms with E-state index in [0.29, 0.717) is 0 Å². The number of hydrogen-bond donors (Lipinski definition) is 1. The van der Waals surface area contributed by atoms with Gasteiger partial charge in [-0.05, 0) is 31.6 Å².